The van der Waals surface area contributed by atoms with E-state index >= 15 is 0 Å². The zero-order valence-corrected chi connectivity index (χ0v) is 11.2. The van der Waals surface area contributed by atoms with Gasteiger partial charge in [-0.1, -0.05) is 13.3 Å². The van der Waals surface area contributed by atoms with Crippen LogP contribution in [-0.2, 0) is 0 Å². The maximum absolute atomic E-state index is 11.8. The summed E-state index contributed by atoms with van der Waals surface area (Å²) in [6.07, 6.45) is 2.35. The van der Waals surface area contributed by atoms with Crippen LogP contribution in [0.5, 0.6) is 0 Å². The van der Waals surface area contributed by atoms with E-state index in [9.17, 15) is 4.79 Å². The Morgan fingerprint density at radius 1 is 1.35 bits per heavy atom. The summed E-state index contributed by atoms with van der Waals surface area (Å²) in [5.41, 5.74) is 2.88. The van der Waals surface area contributed by atoms with Gasteiger partial charge in [0.2, 0.25) is 0 Å². The molecule has 0 bridgehead atoms. The van der Waals surface area contributed by atoms with Crippen molar-refractivity contribution < 1.29 is 4.79 Å². The molecule has 1 rings (SSSR count). The number of nitrogens with one attached hydrogen (secondary N) is 1. The molecule has 1 aromatic carbocycles. The fourth-order valence-electron chi connectivity index (χ4n) is 1.66. The van der Waals surface area contributed by atoms with Gasteiger partial charge in [-0.25, -0.2) is 0 Å². The molecule has 0 spiro atoms. The summed E-state index contributed by atoms with van der Waals surface area (Å²) in [4.78, 5) is 13.4. The second kappa shape index (κ2) is 6.28. The van der Waals surface area contributed by atoms with Gasteiger partial charge in [0.15, 0.2) is 0 Å². The largest absolute Gasteiger partial charge is 0.385 e. The van der Waals surface area contributed by atoms with Gasteiger partial charge in [-0.2, -0.15) is 0 Å². The molecule has 94 valence electrons. The molecule has 0 aromatic heterocycles. The summed E-state index contributed by atoms with van der Waals surface area (Å²) in [5, 5.41) is 3.36. The van der Waals surface area contributed by atoms with Gasteiger partial charge >= 0.3 is 0 Å². The van der Waals surface area contributed by atoms with Crippen LogP contribution in [0, 0.1) is 6.92 Å². The van der Waals surface area contributed by atoms with E-state index in [-0.39, 0.29) is 5.91 Å². The Labute approximate surface area is 104 Å². The molecule has 3 nitrogen and oxygen atoms in total. The van der Waals surface area contributed by atoms with Gasteiger partial charge < -0.3 is 10.2 Å². The monoisotopic (exact) mass is 234 g/mol. The summed E-state index contributed by atoms with van der Waals surface area (Å²) in [5.74, 6) is 0.0580. The number of amides is 1. The van der Waals surface area contributed by atoms with Crippen LogP contribution in [-0.4, -0.2) is 31.4 Å². The van der Waals surface area contributed by atoms with E-state index in [1.807, 2.05) is 25.1 Å². The molecular formula is C14H22N2O. The van der Waals surface area contributed by atoms with E-state index < -0.39 is 0 Å². The Kier molecular flexibility index (Phi) is 5.01. The van der Waals surface area contributed by atoms with Crippen molar-refractivity contribution in [3.05, 3.63) is 29.3 Å². The molecule has 17 heavy (non-hydrogen) atoms. The molecular weight excluding hydrogens is 212 g/mol. The molecule has 0 aliphatic carbocycles. The van der Waals surface area contributed by atoms with Gasteiger partial charge in [0.25, 0.3) is 5.91 Å². The minimum atomic E-state index is 0.0580. The minimum absolute atomic E-state index is 0.0580. The van der Waals surface area contributed by atoms with Crippen LogP contribution in [0.1, 0.15) is 35.7 Å². The van der Waals surface area contributed by atoms with Crippen LogP contribution in [0.4, 0.5) is 5.69 Å². The van der Waals surface area contributed by atoms with Gasteiger partial charge in [-0.3, -0.25) is 4.79 Å². The first kappa shape index (κ1) is 13.6. The van der Waals surface area contributed by atoms with Crippen molar-refractivity contribution in [2.24, 2.45) is 0 Å². The third-order valence-corrected chi connectivity index (χ3v) is 2.72. The van der Waals surface area contributed by atoms with Crippen LogP contribution in [0.15, 0.2) is 18.2 Å². The molecule has 0 unspecified atom stereocenters. The minimum Gasteiger partial charge on any atom is -0.385 e. The van der Waals surface area contributed by atoms with Gasteiger partial charge in [-0.15, -0.1) is 0 Å². The first-order chi connectivity index (χ1) is 8.06. The lowest BCUT2D eigenvalue weighted by molar-refractivity contribution is 0.0827. The molecule has 0 aliphatic heterocycles. The summed E-state index contributed by atoms with van der Waals surface area (Å²) in [6.45, 7) is 5.13. The maximum Gasteiger partial charge on any atom is 0.253 e. The van der Waals surface area contributed by atoms with Crippen LogP contribution in [0.3, 0.4) is 0 Å². The standard InChI is InChI=1S/C14H22N2O/c1-5-6-9-15-12-7-8-13(11(2)10-12)14(17)16(3)4/h7-8,10,15H,5-6,9H2,1-4H3. The molecule has 1 amide bonds. The highest BCUT2D eigenvalue weighted by Crippen LogP contribution is 2.16. The molecule has 0 radical (unpaired) electrons. The van der Waals surface area contributed by atoms with Crippen molar-refractivity contribution in [3.8, 4) is 0 Å². The lowest BCUT2D eigenvalue weighted by atomic mass is 10.1. The summed E-state index contributed by atoms with van der Waals surface area (Å²) in [6, 6.07) is 5.90. The molecule has 1 aromatic rings. The van der Waals surface area contributed by atoms with Crippen molar-refractivity contribution >= 4 is 11.6 Å². The van der Waals surface area contributed by atoms with Crippen LogP contribution < -0.4 is 5.32 Å². The SMILES string of the molecule is CCCCNc1ccc(C(=O)N(C)C)c(C)c1. The van der Waals surface area contributed by atoms with Crippen molar-refractivity contribution in [1.82, 2.24) is 4.90 Å². The lowest BCUT2D eigenvalue weighted by Crippen LogP contribution is -2.22. The Hall–Kier alpha value is -1.51. The van der Waals surface area contributed by atoms with Gasteiger partial charge in [0, 0.05) is 31.9 Å². The molecule has 0 atom stereocenters. The molecule has 0 heterocycles. The Morgan fingerprint density at radius 3 is 2.59 bits per heavy atom. The topological polar surface area (TPSA) is 32.3 Å². The number of carbonyl (C=O) groups is 1. The highest BCUT2D eigenvalue weighted by Gasteiger charge is 2.10. The molecule has 1 N–H and O–H groups in total. The van der Waals surface area contributed by atoms with E-state index in [0.29, 0.717) is 0 Å². The molecule has 3 heteroatoms. The van der Waals surface area contributed by atoms with E-state index in [1.54, 1.807) is 19.0 Å². The normalized spacial score (nSPS) is 10.1. The van der Waals surface area contributed by atoms with E-state index in [2.05, 4.69) is 12.2 Å². The fraction of sp³-hybridized carbons (Fsp3) is 0.500. The van der Waals surface area contributed by atoms with E-state index in [4.69, 9.17) is 0 Å². The van der Waals surface area contributed by atoms with Crippen LogP contribution >= 0.6 is 0 Å². The predicted octanol–water partition coefficient (Wildman–Crippen LogP) is 2.91. The molecule has 0 aliphatic rings. The zero-order valence-electron chi connectivity index (χ0n) is 11.2. The number of hydrogen-bond donors (Lipinski definition) is 1. The number of carbonyl (C=O) groups excluding carboxylic acids is 1. The molecule has 0 fully saturated rings. The fourth-order valence-corrected chi connectivity index (χ4v) is 1.66. The Bertz CT molecular complexity index is 386. The number of nitrogens with zero attached hydrogens (tertiary/aromatic N) is 1. The first-order valence-corrected chi connectivity index (χ1v) is 6.12. The van der Waals surface area contributed by atoms with E-state index in [1.165, 1.54) is 6.42 Å². The quantitative estimate of drug-likeness (QED) is 0.794. The summed E-state index contributed by atoms with van der Waals surface area (Å²) in [7, 11) is 3.55. The highest BCUT2D eigenvalue weighted by atomic mass is 16.2. The summed E-state index contributed by atoms with van der Waals surface area (Å²) < 4.78 is 0. The van der Waals surface area contributed by atoms with Gasteiger partial charge in [-0.05, 0) is 37.1 Å². The summed E-state index contributed by atoms with van der Waals surface area (Å²) >= 11 is 0. The van der Waals surface area contributed by atoms with Crippen molar-refractivity contribution in [2.45, 2.75) is 26.7 Å². The van der Waals surface area contributed by atoms with Crippen molar-refractivity contribution in [3.63, 3.8) is 0 Å². The van der Waals surface area contributed by atoms with Crippen LogP contribution in [0.2, 0.25) is 0 Å². The highest BCUT2D eigenvalue weighted by molar-refractivity contribution is 5.95. The number of rotatable bonds is 5. The third kappa shape index (κ3) is 3.77. The van der Waals surface area contributed by atoms with Gasteiger partial charge in [0.1, 0.15) is 0 Å². The Balaban J connectivity index is 2.76. The van der Waals surface area contributed by atoms with E-state index in [0.717, 1.165) is 29.8 Å². The predicted molar refractivity (Wildman–Crippen MR) is 72.6 cm³/mol. The first-order valence-electron chi connectivity index (χ1n) is 6.12. The Morgan fingerprint density at radius 2 is 2.06 bits per heavy atom. The van der Waals surface area contributed by atoms with Crippen molar-refractivity contribution in [1.29, 1.82) is 0 Å². The number of benzene rings is 1. The average molecular weight is 234 g/mol. The third-order valence-electron chi connectivity index (χ3n) is 2.72. The number of hydrogen-bond acceptors (Lipinski definition) is 2. The van der Waals surface area contributed by atoms with Crippen LogP contribution in [0.25, 0.3) is 0 Å². The maximum atomic E-state index is 11.8. The second-order valence-electron chi connectivity index (χ2n) is 4.51. The molecule has 0 saturated carbocycles. The van der Waals surface area contributed by atoms with Crippen molar-refractivity contribution in [2.75, 3.05) is 26.0 Å². The molecule has 0 saturated heterocycles. The second-order valence-corrected chi connectivity index (χ2v) is 4.51. The lowest BCUT2D eigenvalue weighted by Gasteiger charge is -2.14. The zero-order chi connectivity index (χ0) is 12.8. The number of unbranched alkanes of at least 4 members (excludes halogenated alkanes) is 1. The number of anilines is 1. The number of aryl methyl sites for hydroxylation is 1. The average Bonchev–Trinajstić information content (AvgIpc) is 2.28. The smallest absolute Gasteiger partial charge is 0.253 e. The van der Waals surface area contributed by atoms with Gasteiger partial charge in [0.05, 0.1) is 0 Å².